The van der Waals surface area contributed by atoms with Crippen LogP contribution in [0, 0.1) is 6.92 Å². The average Bonchev–Trinajstić information content (AvgIpc) is 2.91. The summed E-state index contributed by atoms with van der Waals surface area (Å²) in [6, 6.07) is 0. The highest BCUT2D eigenvalue weighted by Crippen LogP contribution is 2.09. The van der Waals surface area contributed by atoms with E-state index in [1.807, 2.05) is 24.2 Å². The van der Waals surface area contributed by atoms with Gasteiger partial charge in [0.2, 0.25) is 5.91 Å². The molecule has 0 bridgehead atoms. The molecule has 0 aliphatic rings. The zero-order valence-corrected chi connectivity index (χ0v) is 14.7. The van der Waals surface area contributed by atoms with Gasteiger partial charge in [-0.05, 0) is 32.6 Å². The summed E-state index contributed by atoms with van der Waals surface area (Å²) in [5, 5.41) is 0. The Kier molecular flexibility index (Phi) is 9.60. The molecule has 0 atom stereocenters. The van der Waals surface area contributed by atoms with Gasteiger partial charge >= 0.3 is 0 Å². The predicted octanol–water partition coefficient (Wildman–Crippen LogP) is 4.18. The Labute approximate surface area is 135 Å². The third-order valence-corrected chi connectivity index (χ3v) is 4.05. The molecule has 0 aromatic carbocycles. The van der Waals surface area contributed by atoms with Gasteiger partial charge in [-0.15, -0.1) is 0 Å². The molecule has 126 valence electrons. The number of aryl methyl sites for hydroxylation is 2. The number of amides is 1. The van der Waals surface area contributed by atoms with E-state index in [2.05, 4.69) is 23.4 Å². The van der Waals surface area contributed by atoms with Crippen LogP contribution in [0.25, 0.3) is 0 Å². The number of aromatic nitrogens is 2. The van der Waals surface area contributed by atoms with E-state index in [-0.39, 0.29) is 0 Å². The molecule has 0 N–H and O–H groups in total. The highest BCUT2D eigenvalue weighted by atomic mass is 16.2. The third-order valence-electron chi connectivity index (χ3n) is 4.05. The van der Waals surface area contributed by atoms with E-state index < -0.39 is 0 Å². The van der Waals surface area contributed by atoms with E-state index in [0.29, 0.717) is 5.91 Å². The first-order valence-electron chi connectivity index (χ1n) is 8.94. The van der Waals surface area contributed by atoms with Crippen LogP contribution in [-0.4, -0.2) is 33.4 Å². The zero-order valence-electron chi connectivity index (χ0n) is 14.7. The van der Waals surface area contributed by atoms with Crippen molar-refractivity contribution >= 4 is 5.91 Å². The maximum atomic E-state index is 12.1. The summed E-state index contributed by atoms with van der Waals surface area (Å²) in [5.41, 5.74) is 0. The molecule has 1 aromatic heterocycles. The van der Waals surface area contributed by atoms with Crippen molar-refractivity contribution in [2.24, 2.45) is 0 Å². The Morgan fingerprint density at radius 1 is 1.09 bits per heavy atom. The van der Waals surface area contributed by atoms with E-state index in [9.17, 15) is 4.79 Å². The van der Waals surface area contributed by atoms with Gasteiger partial charge in [0.15, 0.2) is 0 Å². The van der Waals surface area contributed by atoms with Gasteiger partial charge in [-0.1, -0.05) is 33.1 Å². The van der Waals surface area contributed by atoms with Gasteiger partial charge in [-0.25, -0.2) is 4.98 Å². The minimum atomic E-state index is 0.345. The van der Waals surface area contributed by atoms with Crippen molar-refractivity contribution in [3.63, 3.8) is 0 Å². The SMILES string of the molecule is CCCN(CCC)C(=O)CCCCCCCn1ccnc1C. The summed E-state index contributed by atoms with van der Waals surface area (Å²) in [5.74, 6) is 1.44. The Morgan fingerprint density at radius 2 is 1.73 bits per heavy atom. The molecule has 0 aliphatic carbocycles. The highest BCUT2D eigenvalue weighted by Gasteiger charge is 2.10. The fourth-order valence-electron chi connectivity index (χ4n) is 2.79. The molecule has 1 heterocycles. The first-order chi connectivity index (χ1) is 10.7. The van der Waals surface area contributed by atoms with Gasteiger partial charge in [-0.2, -0.15) is 0 Å². The molecule has 22 heavy (non-hydrogen) atoms. The van der Waals surface area contributed by atoms with Gasteiger partial charge < -0.3 is 9.47 Å². The van der Waals surface area contributed by atoms with Crippen LogP contribution in [-0.2, 0) is 11.3 Å². The van der Waals surface area contributed by atoms with Gasteiger partial charge in [0, 0.05) is 38.4 Å². The second-order valence-electron chi connectivity index (χ2n) is 6.07. The molecule has 0 saturated carbocycles. The van der Waals surface area contributed by atoms with Crippen molar-refractivity contribution in [1.82, 2.24) is 14.5 Å². The number of hydrogen-bond acceptors (Lipinski definition) is 2. The van der Waals surface area contributed by atoms with Crippen LogP contribution in [0.5, 0.6) is 0 Å². The minimum absolute atomic E-state index is 0.345. The predicted molar refractivity (Wildman–Crippen MR) is 91.8 cm³/mol. The number of rotatable bonds is 12. The van der Waals surface area contributed by atoms with Crippen molar-refractivity contribution in [3.05, 3.63) is 18.2 Å². The van der Waals surface area contributed by atoms with Crippen molar-refractivity contribution in [2.45, 2.75) is 78.7 Å². The second-order valence-corrected chi connectivity index (χ2v) is 6.07. The number of imidazole rings is 1. The lowest BCUT2D eigenvalue weighted by molar-refractivity contribution is -0.131. The number of hydrogen-bond donors (Lipinski definition) is 0. The van der Waals surface area contributed by atoms with Crippen molar-refractivity contribution in [2.75, 3.05) is 13.1 Å². The zero-order chi connectivity index (χ0) is 16.2. The summed E-state index contributed by atoms with van der Waals surface area (Å²) >= 11 is 0. The molecule has 4 nitrogen and oxygen atoms in total. The van der Waals surface area contributed by atoms with E-state index in [1.165, 1.54) is 25.7 Å². The van der Waals surface area contributed by atoms with Gasteiger partial charge in [-0.3, -0.25) is 4.79 Å². The van der Waals surface area contributed by atoms with Crippen molar-refractivity contribution in [3.8, 4) is 0 Å². The average molecular weight is 307 g/mol. The van der Waals surface area contributed by atoms with Crippen LogP contribution < -0.4 is 0 Å². The lowest BCUT2D eigenvalue weighted by atomic mass is 10.1. The fourth-order valence-corrected chi connectivity index (χ4v) is 2.79. The van der Waals surface area contributed by atoms with Gasteiger partial charge in [0.05, 0.1) is 0 Å². The van der Waals surface area contributed by atoms with Crippen molar-refractivity contribution in [1.29, 1.82) is 0 Å². The Bertz CT molecular complexity index is 408. The van der Waals surface area contributed by atoms with E-state index in [0.717, 1.165) is 51.1 Å². The minimum Gasteiger partial charge on any atom is -0.343 e. The number of carbonyl (C=O) groups excluding carboxylic acids is 1. The van der Waals surface area contributed by atoms with Gasteiger partial charge in [0.1, 0.15) is 5.82 Å². The second kappa shape index (κ2) is 11.3. The molecular weight excluding hydrogens is 274 g/mol. The lowest BCUT2D eigenvalue weighted by Gasteiger charge is -2.21. The Morgan fingerprint density at radius 3 is 2.32 bits per heavy atom. The smallest absolute Gasteiger partial charge is 0.222 e. The fraction of sp³-hybridized carbons (Fsp3) is 0.778. The van der Waals surface area contributed by atoms with Crippen LogP contribution in [0.2, 0.25) is 0 Å². The molecule has 0 aliphatic heterocycles. The maximum Gasteiger partial charge on any atom is 0.222 e. The number of carbonyl (C=O) groups is 1. The first kappa shape index (κ1) is 18.7. The Hall–Kier alpha value is -1.32. The van der Waals surface area contributed by atoms with E-state index in [1.54, 1.807) is 0 Å². The monoisotopic (exact) mass is 307 g/mol. The van der Waals surface area contributed by atoms with E-state index >= 15 is 0 Å². The molecule has 4 heteroatoms. The highest BCUT2D eigenvalue weighted by molar-refractivity contribution is 5.76. The number of unbranched alkanes of at least 4 members (excludes halogenated alkanes) is 4. The molecule has 1 amide bonds. The molecule has 0 spiro atoms. The lowest BCUT2D eigenvalue weighted by Crippen LogP contribution is -2.32. The van der Waals surface area contributed by atoms with Crippen LogP contribution in [0.4, 0.5) is 0 Å². The largest absolute Gasteiger partial charge is 0.343 e. The standard InChI is InChI=1S/C18H33N3O/c1-4-13-21(14-5-2)18(22)11-9-7-6-8-10-15-20-16-12-19-17(20)3/h12,16H,4-11,13-15H2,1-3H3. The molecule has 0 unspecified atom stereocenters. The summed E-state index contributed by atoms with van der Waals surface area (Å²) < 4.78 is 2.21. The summed E-state index contributed by atoms with van der Waals surface area (Å²) in [7, 11) is 0. The van der Waals surface area contributed by atoms with Crippen LogP contribution in [0.3, 0.4) is 0 Å². The molecule has 0 fully saturated rings. The van der Waals surface area contributed by atoms with Crippen molar-refractivity contribution < 1.29 is 4.79 Å². The normalized spacial score (nSPS) is 10.9. The topological polar surface area (TPSA) is 38.1 Å². The van der Waals surface area contributed by atoms with Crippen LogP contribution >= 0.6 is 0 Å². The molecule has 0 saturated heterocycles. The van der Waals surface area contributed by atoms with Crippen LogP contribution in [0.15, 0.2) is 12.4 Å². The summed E-state index contributed by atoms with van der Waals surface area (Å²) in [6.45, 7) is 9.21. The summed E-state index contributed by atoms with van der Waals surface area (Å²) in [4.78, 5) is 18.4. The maximum absolute atomic E-state index is 12.1. The Balaban J connectivity index is 2.04. The molecule has 1 aromatic rings. The summed E-state index contributed by atoms with van der Waals surface area (Å²) in [6.07, 6.45) is 12.6. The van der Waals surface area contributed by atoms with E-state index in [4.69, 9.17) is 0 Å². The molecular formula is C18H33N3O. The molecule has 1 rings (SSSR count). The first-order valence-corrected chi connectivity index (χ1v) is 8.94. The number of nitrogens with zero attached hydrogens (tertiary/aromatic N) is 3. The third kappa shape index (κ3) is 7.10. The van der Waals surface area contributed by atoms with Crippen LogP contribution in [0.1, 0.15) is 71.0 Å². The molecule has 0 radical (unpaired) electrons. The van der Waals surface area contributed by atoms with Gasteiger partial charge in [0.25, 0.3) is 0 Å². The quantitative estimate of drug-likeness (QED) is 0.543.